The molecule has 21 heavy (non-hydrogen) atoms. The number of hydrogen-bond donors (Lipinski definition) is 0. The molecule has 0 unspecified atom stereocenters. The molecule has 2 rings (SSSR count). The highest BCUT2D eigenvalue weighted by atomic mass is 16.5. The fourth-order valence-electron chi connectivity index (χ4n) is 1.80. The van der Waals surface area contributed by atoms with Gasteiger partial charge in [0, 0.05) is 5.56 Å². The van der Waals surface area contributed by atoms with Gasteiger partial charge in [0.2, 0.25) is 0 Å². The largest absolute Gasteiger partial charge is 0.493 e. The van der Waals surface area contributed by atoms with Crippen LogP contribution in [-0.4, -0.2) is 20.2 Å². The average molecular weight is 284 g/mol. The Kier molecular flexibility index (Phi) is 4.99. The van der Waals surface area contributed by atoms with E-state index in [4.69, 9.17) is 14.2 Å². The molecule has 0 saturated carbocycles. The van der Waals surface area contributed by atoms with Crippen LogP contribution >= 0.6 is 0 Å². The molecule has 0 bridgehead atoms. The molecule has 0 N–H and O–H groups in total. The van der Waals surface area contributed by atoms with Crippen LogP contribution in [0.4, 0.5) is 0 Å². The first-order chi connectivity index (χ1) is 10.3. The minimum Gasteiger partial charge on any atom is -0.493 e. The molecule has 0 aliphatic rings. The van der Waals surface area contributed by atoms with Gasteiger partial charge >= 0.3 is 5.97 Å². The standard InChI is InChI=1S/C17H16O4/c1-19-16(13-8-4-3-5-9-13)12-21-15-11-7-6-10-14(15)17(18)20-2/h3-12H,1-2H3/b16-12+. The van der Waals surface area contributed by atoms with Crippen molar-refractivity contribution in [2.24, 2.45) is 0 Å². The molecule has 108 valence electrons. The molecular formula is C17H16O4. The number of carbonyl (C=O) groups excluding carboxylic acids is 1. The van der Waals surface area contributed by atoms with Gasteiger partial charge in [-0.1, -0.05) is 42.5 Å². The van der Waals surface area contributed by atoms with E-state index in [2.05, 4.69) is 0 Å². The zero-order chi connectivity index (χ0) is 15.1. The predicted octanol–water partition coefficient (Wildman–Crippen LogP) is 3.50. The minimum atomic E-state index is -0.447. The van der Waals surface area contributed by atoms with E-state index in [-0.39, 0.29) is 0 Å². The van der Waals surface area contributed by atoms with E-state index in [1.54, 1.807) is 31.4 Å². The molecule has 0 aliphatic carbocycles. The lowest BCUT2D eigenvalue weighted by Crippen LogP contribution is -2.03. The summed E-state index contributed by atoms with van der Waals surface area (Å²) < 4.78 is 15.6. The highest BCUT2D eigenvalue weighted by molar-refractivity contribution is 5.92. The predicted molar refractivity (Wildman–Crippen MR) is 79.8 cm³/mol. The van der Waals surface area contributed by atoms with Crippen molar-refractivity contribution in [1.29, 1.82) is 0 Å². The first kappa shape index (κ1) is 14.7. The monoisotopic (exact) mass is 284 g/mol. The Labute approximate surface area is 123 Å². The zero-order valence-corrected chi connectivity index (χ0v) is 11.9. The number of benzene rings is 2. The quantitative estimate of drug-likeness (QED) is 0.622. The van der Waals surface area contributed by atoms with Crippen LogP contribution in [0.25, 0.3) is 5.76 Å². The van der Waals surface area contributed by atoms with Crippen molar-refractivity contribution in [2.45, 2.75) is 0 Å². The molecule has 4 heteroatoms. The van der Waals surface area contributed by atoms with Crippen molar-refractivity contribution in [3.63, 3.8) is 0 Å². The van der Waals surface area contributed by atoms with E-state index in [1.807, 2.05) is 30.3 Å². The van der Waals surface area contributed by atoms with E-state index < -0.39 is 5.97 Å². The Morgan fingerprint density at radius 3 is 2.24 bits per heavy atom. The molecule has 0 radical (unpaired) electrons. The summed E-state index contributed by atoms with van der Waals surface area (Å²) in [5.74, 6) is 0.530. The number of ether oxygens (including phenoxy) is 3. The number of rotatable bonds is 5. The van der Waals surface area contributed by atoms with E-state index >= 15 is 0 Å². The summed E-state index contributed by atoms with van der Waals surface area (Å²) in [6.07, 6.45) is 1.47. The first-order valence-electron chi connectivity index (χ1n) is 6.40. The van der Waals surface area contributed by atoms with Gasteiger partial charge in [-0.15, -0.1) is 0 Å². The Morgan fingerprint density at radius 2 is 1.57 bits per heavy atom. The Morgan fingerprint density at radius 1 is 0.905 bits per heavy atom. The molecule has 0 amide bonds. The highest BCUT2D eigenvalue weighted by Gasteiger charge is 2.12. The lowest BCUT2D eigenvalue weighted by molar-refractivity contribution is 0.0598. The normalized spacial score (nSPS) is 10.9. The van der Waals surface area contributed by atoms with E-state index in [9.17, 15) is 4.79 Å². The third-order valence-corrected chi connectivity index (χ3v) is 2.86. The summed E-state index contributed by atoms with van der Waals surface area (Å²) in [7, 11) is 2.90. The maximum Gasteiger partial charge on any atom is 0.341 e. The molecule has 4 nitrogen and oxygen atoms in total. The van der Waals surface area contributed by atoms with Crippen LogP contribution in [0.2, 0.25) is 0 Å². The van der Waals surface area contributed by atoms with E-state index in [0.717, 1.165) is 5.56 Å². The van der Waals surface area contributed by atoms with Crippen LogP contribution < -0.4 is 4.74 Å². The highest BCUT2D eigenvalue weighted by Crippen LogP contribution is 2.21. The second kappa shape index (κ2) is 7.14. The minimum absolute atomic E-state index is 0.361. The summed E-state index contributed by atoms with van der Waals surface area (Å²) in [5.41, 5.74) is 1.25. The molecule has 2 aromatic rings. The summed E-state index contributed by atoms with van der Waals surface area (Å²) in [6, 6.07) is 16.4. The second-order valence-electron chi connectivity index (χ2n) is 4.16. The van der Waals surface area contributed by atoms with Gasteiger partial charge in [0.25, 0.3) is 0 Å². The number of hydrogen-bond acceptors (Lipinski definition) is 4. The molecule has 0 aliphatic heterocycles. The third-order valence-electron chi connectivity index (χ3n) is 2.86. The van der Waals surface area contributed by atoms with Crippen molar-refractivity contribution in [1.82, 2.24) is 0 Å². The molecule has 0 atom stereocenters. The number of carbonyl (C=O) groups is 1. The number of esters is 1. The Bertz CT molecular complexity index is 632. The molecule has 0 heterocycles. The smallest absolute Gasteiger partial charge is 0.341 e. The molecule has 0 aromatic heterocycles. The summed E-state index contributed by atoms with van der Waals surface area (Å²) in [4.78, 5) is 11.7. The average Bonchev–Trinajstić information content (AvgIpc) is 2.56. The zero-order valence-electron chi connectivity index (χ0n) is 11.9. The van der Waals surface area contributed by atoms with Crippen molar-refractivity contribution in [3.8, 4) is 5.75 Å². The fraction of sp³-hybridized carbons (Fsp3) is 0.118. The maximum absolute atomic E-state index is 11.7. The van der Waals surface area contributed by atoms with Gasteiger partial charge in [-0.3, -0.25) is 0 Å². The Hall–Kier alpha value is -2.75. The number of methoxy groups -OCH3 is 2. The van der Waals surface area contributed by atoms with Crippen molar-refractivity contribution in [2.75, 3.05) is 14.2 Å². The van der Waals surface area contributed by atoms with Gasteiger partial charge in [-0.25, -0.2) is 4.79 Å². The lowest BCUT2D eigenvalue weighted by atomic mass is 10.2. The van der Waals surface area contributed by atoms with Crippen molar-refractivity contribution in [3.05, 3.63) is 72.0 Å². The molecule has 0 fully saturated rings. The van der Waals surface area contributed by atoms with Crippen molar-refractivity contribution >= 4 is 11.7 Å². The molecule has 0 saturated heterocycles. The van der Waals surface area contributed by atoms with Crippen LogP contribution in [0.1, 0.15) is 15.9 Å². The van der Waals surface area contributed by atoms with Crippen LogP contribution in [0, 0.1) is 0 Å². The Balaban J connectivity index is 2.26. The van der Waals surface area contributed by atoms with Crippen LogP contribution in [0.3, 0.4) is 0 Å². The van der Waals surface area contributed by atoms with Crippen LogP contribution in [-0.2, 0) is 9.47 Å². The topological polar surface area (TPSA) is 44.8 Å². The summed E-state index contributed by atoms with van der Waals surface area (Å²) in [5, 5.41) is 0. The van der Waals surface area contributed by atoms with Gasteiger partial charge in [-0.2, -0.15) is 0 Å². The van der Waals surface area contributed by atoms with Gasteiger partial charge in [0.1, 0.15) is 17.6 Å². The summed E-state index contributed by atoms with van der Waals surface area (Å²) >= 11 is 0. The van der Waals surface area contributed by atoms with Gasteiger partial charge in [0.15, 0.2) is 5.76 Å². The van der Waals surface area contributed by atoms with Gasteiger partial charge in [-0.05, 0) is 12.1 Å². The summed E-state index contributed by atoms with van der Waals surface area (Å²) in [6.45, 7) is 0. The molecule has 2 aromatic carbocycles. The number of para-hydroxylation sites is 1. The second-order valence-corrected chi connectivity index (χ2v) is 4.16. The third kappa shape index (κ3) is 3.63. The molecule has 0 spiro atoms. The van der Waals surface area contributed by atoms with Gasteiger partial charge < -0.3 is 14.2 Å². The van der Waals surface area contributed by atoms with E-state index in [1.165, 1.54) is 13.4 Å². The van der Waals surface area contributed by atoms with Crippen molar-refractivity contribution < 1.29 is 19.0 Å². The van der Waals surface area contributed by atoms with Crippen LogP contribution in [0.5, 0.6) is 5.75 Å². The van der Waals surface area contributed by atoms with Crippen LogP contribution in [0.15, 0.2) is 60.9 Å². The lowest BCUT2D eigenvalue weighted by Gasteiger charge is -2.09. The maximum atomic E-state index is 11.7. The van der Waals surface area contributed by atoms with E-state index in [0.29, 0.717) is 17.1 Å². The molecular weight excluding hydrogens is 268 g/mol. The fourth-order valence-corrected chi connectivity index (χ4v) is 1.80. The van der Waals surface area contributed by atoms with Gasteiger partial charge in [0.05, 0.1) is 14.2 Å². The first-order valence-corrected chi connectivity index (χ1v) is 6.40. The SMILES string of the molecule is COC(=O)c1ccccc1O/C=C(/OC)c1ccccc1.